The van der Waals surface area contributed by atoms with E-state index in [1.165, 1.54) is 14.2 Å². The number of carbonyl (C=O) groups is 1. The molecule has 0 radical (unpaired) electrons. The van der Waals surface area contributed by atoms with Crippen LogP contribution in [-0.2, 0) is 9.53 Å². The number of rotatable bonds is 3. The SMILES string of the molecule is COc1cc(C2C3=C(COC3=O)Nc3cc4c(cc32)OCO4)cc(OC)c1O. The minimum absolute atomic E-state index is 0.100. The number of cyclic esters (lactones) is 1. The van der Waals surface area contributed by atoms with Gasteiger partial charge in [-0.05, 0) is 29.3 Å². The van der Waals surface area contributed by atoms with Crippen LogP contribution >= 0.6 is 0 Å². The second-order valence-electron chi connectivity index (χ2n) is 6.59. The molecule has 8 nitrogen and oxygen atoms in total. The Labute approximate surface area is 160 Å². The number of phenols is 1. The first kappa shape index (κ1) is 16.6. The maximum atomic E-state index is 12.5. The summed E-state index contributed by atoms with van der Waals surface area (Å²) in [4.78, 5) is 12.5. The van der Waals surface area contributed by atoms with Crippen molar-refractivity contribution in [2.45, 2.75) is 5.92 Å². The van der Waals surface area contributed by atoms with Gasteiger partial charge < -0.3 is 34.1 Å². The van der Waals surface area contributed by atoms with E-state index in [9.17, 15) is 9.90 Å². The molecular weight excluding hydrogens is 366 g/mol. The Bertz CT molecular complexity index is 1020. The molecule has 28 heavy (non-hydrogen) atoms. The molecule has 3 heterocycles. The van der Waals surface area contributed by atoms with Crippen molar-refractivity contribution < 1.29 is 33.6 Å². The molecule has 0 saturated heterocycles. The van der Waals surface area contributed by atoms with Crippen molar-refractivity contribution in [2.24, 2.45) is 0 Å². The summed E-state index contributed by atoms with van der Waals surface area (Å²) in [6.45, 7) is 0.323. The molecule has 0 aliphatic carbocycles. The minimum Gasteiger partial charge on any atom is -0.502 e. The number of carbonyl (C=O) groups excluding carboxylic acids is 1. The average molecular weight is 383 g/mol. The van der Waals surface area contributed by atoms with Gasteiger partial charge in [-0.2, -0.15) is 0 Å². The molecule has 3 aliphatic heterocycles. The molecule has 2 N–H and O–H groups in total. The molecule has 0 bridgehead atoms. The van der Waals surface area contributed by atoms with Crippen molar-refractivity contribution in [3.8, 4) is 28.7 Å². The van der Waals surface area contributed by atoms with E-state index < -0.39 is 5.92 Å². The van der Waals surface area contributed by atoms with Gasteiger partial charge in [0.05, 0.1) is 25.5 Å². The molecule has 0 saturated carbocycles. The molecule has 144 valence electrons. The predicted octanol–water partition coefficient (Wildman–Crippen LogP) is 2.51. The van der Waals surface area contributed by atoms with Gasteiger partial charge in [0.2, 0.25) is 12.5 Å². The lowest BCUT2D eigenvalue weighted by atomic mass is 9.81. The standard InChI is InChI=1S/C20H17NO7/c1-24-15-3-9(4-16(25-2)19(15)22)17-10-5-13-14(28-8-27-13)6-11(10)21-12-7-26-20(23)18(12)17/h3-6,17,21-22H,7-8H2,1-2H3. The number of aromatic hydroxyl groups is 1. The summed E-state index contributed by atoms with van der Waals surface area (Å²) in [5.41, 5.74) is 3.57. The highest BCUT2D eigenvalue weighted by atomic mass is 16.7. The van der Waals surface area contributed by atoms with Crippen LogP contribution in [0.2, 0.25) is 0 Å². The lowest BCUT2D eigenvalue weighted by Gasteiger charge is -2.28. The number of methoxy groups -OCH3 is 2. The van der Waals surface area contributed by atoms with Gasteiger partial charge in [0.15, 0.2) is 23.0 Å². The topological polar surface area (TPSA) is 95.5 Å². The van der Waals surface area contributed by atoms with E-state index in [-0.39, 0.29) is 36.6 Å². The summed E-state index contributed by atoms with van der Waals surface area (Å²) in [5, 5.41) is 13.5. The fourth-order valence-corrected chi connectivity index (χ4v) is 3.86. The van der Waals surface area contributed by atoms with Crippen molar-refractivity contribution in [1.29, 1.82) is 0 Å². The van der Waals surface area contributed by atoms with Crippen molar-refractivity contribution in [3.05, 3.63) is 46.7 Å². The number of fused-ring (bicyclic) bond motifs is 2. The highest BCUT2D eigenvalue weighted by Crippen LogP contribution is 2.51. The summed E-state index contributed by atoms with van der Waals surface area (Å²) < 4.78 is 26.9. The maximum absolute atomic E-state index is 12.5. The van der Waals surface area contributed by atoms with Gasteiger partial charge >= 0.3 is 5.97 Å². The van der Waals surface area contributed by atoms with Crippen molar-refractivity contribution in [2.75, 3.05) is 32.9 Å². The van der Waals surface area contributed by atoms with E-state index in [0.29, 0.717) is 22.8 Å². The molecule has 8 heteroatoms. The number of hydrogen-bond donors (Lipinski definition) is 2. The minimum atomic E-state index is -0.445. The molecule has 5 rings (SSSR count). The van der Waals surface area contributed by atoms with E-state index in [4.69, 9.17) is 23.7 Å². The highest BCUT2D eigenvalue weighted by molar-refractivity contribution is 5.97. The Balaban J connectivity index is 1.75. The molecule has 1 unspecified atom stereocenters. The van der Waals surface area contributed by atoms with Gasteiger partial charge in [-0.3, -0.25) is 0 Å². The summed E-state index contributed by atoms with van der Waals surface area (Å²) in [6.07, 6.45) is 0. The second-order valence-corrected chi connectivity index (χ2v) is 6.59. The molecule has 2 aromatic carbocycles. The Hall–Kier alpha value is -3.55. The zero-order valence-corrected chi connectivity index (χ0v) is 15.2. The van der Waals surface area contributed by atoms with Crippen LogP contribution in [0.25, 0.3) is 0 Å². The van der Waals surface area contributed by atoms with Crippen LogP contribution in [0.1, 0.15) is 17.0 Å². The summed E-state index contributed by atoms with van der Waals surface area (Å²) in [6, 6.07) is 7.10. The number of ether oxygens (including phenoxy) is 5. The van der Waals surface area contributed by atoms with Crippen LogP contribution in [0.5, 0.6) is 28.7 Å². The number of hydrogen-bond acceptors (Lipinski definition) is 8. The van der Waals surface area contributed by atoms with Gasteiger partial charge in [-0.15, -0.1) is 0 Å². The van der Waals surface area contributed by atoms with E-state index in [0.717, 1.165) is 16.8 Å². The second kappa shape index (κ2) is 5.98. The Morgan fingerprint density at radius 3 is 2.39 bits per heavy atom. The smallest absolute Gasteiger partial charge is 0.337 e. The van der Waals surface area contributed by atoms with Crippen LogP contribution in [0.4, 0.5) is 5.69 Å². The van der Waals surface area contributed by atoms with Gasteiger partial charge in [0.1, 0.15) is 6.61 Å². The first-order valence-corrected chi connectivity index (χ1v) is 8.66. The third-order valence-electron chi connectivity index (χ3n) is 5.16. The number of esters is 1. The van der Waals surface area contributed by atoms with Gasteiger partial charge in [-0.1, -0.05) is 0 Å². The number of nitrogens with one attached hydrogen (secondary N) is 1. The first-order valence-electron chi connectivity index (χ1n) is 8.66. The molecule has 3 aliphatic rings. The van der Waals surface area contributed by atoms with Crippen LogP contribution in [0.15, 0.2) is 35.5 Å². The average Bonchev–Trinajstić information content (AvgIpc) is 3.31. The monoisotopic (exact) mass is 383 g/mol. The van der Waals surface area contributed by atoms with E-state index in [2.05, 4.69) is 5.32 Å². The first-order chi connectivity index (χ1) is 13.6. The zero-order chi connectivity index (χ0) is 19.4. The Kier molecular flexibility index (Phi) is 3.55. The third-order valence-corrected chi connectivity index (χ3v) is 5.16. The van der Waals surface area contributed by atoms with Crippen molar-refractivity contribution in [3.63, 3.8) is 0 Å². The number of anilines is 1. The molecule has 0 amide bonds. The van der Waals surface area contributed by atoms with Crippen LogP contribution < -0.4 is 24.3 Å². The fraction of sp³-hybridized carbons (Fsp3) is 0.250. The van der Waals surface area contributed by atoms with Crippen LogP contribution in [0, 0.1) is 0 Å². The van der Waals surface area contributed by atoms with E-state index in [1.807, 2.05) is 12.1 Å². The van der Waals surface area contributed by atoms with Gasteiger partial charge in [0, 0.05) is 17.7 Å². The Morgan fingerprint density at radius 2 is 1.71 bits per heavy atom. The predicted molar refractivity (Wildman–Crippen MR) is 97.2 cm³/mol. The molecular formula is C20H17NO7. The quantitative estimate of drug-likeness (QED) is 0.781. The summed E-state index contributed by atoms with van der Waals surface area (Å²) in [7, 11) is 2.92. The lowest BCUT2D eigenvalue weighted by molar-refractivity contribution is -0.136. The summed E-state index contributed by atoms with van der Waals surface area (Å²) >= 11 is 0. The molecule has 0 spiro atoms. The normalized spacial score (nSPS) is 18.9. The fourth-order valence-electron chi connectivity index (χ4n) is 3.86. The van der Waals surface area contributed by atoms with Crippen LogP contribution in [0.3, 0.4) is 0 Å². The maximum Gasteiger partial charge on any atom is 0.337 e. The van der Waals surface area contributed by atoms with E-state index in [1.54, 1.807) is 12.1 Å². The largest absolute Gasteiger partial charge is 0.502 e. The lowest BCUT2D eigenvalue weighted by Crippen LogP contribution is -2.20. The molecule has 0 fully saturated rings. The molecule has 1 atom stereocenters. The van der Waals surface area contributed by atoms with Gasteiger partial charge in [0.25, 0.3) is 0 Å². The molecule has 0 aromatic heterocycles. The number of benzene rings is 2. The zero-order valence-electron chi connectivity index (χ0n) is 15.2. The number of phenolic OH excluding ortho intramolecular Hbond substituents is 1. The molecule has 2 aromatic rings. The van der Waals surface area contributed by atoms with Crippen molar-refractivity contribution >= 4 is 11.7 Å². The Morgan fingerprint density at radius 1 is 1.04 bits per heavy atom. The van der Waals surface area contributed by atoms with Gasteiger partial charge in [-0.25, -0.2) is 4.79 Å². The van der Waals surface area contributed by atoms with Crippen LogP contribution in [-0.4, -0.2) is 38.7 Å². The highest BCUT2D eigenvalue weighted by Gasteiger charge is 2.40. The van der Waals surface area contributed by atoms with Crippen molar-refractivity contribution in [1.82, 2.24) is 0 Å². The third kappa shape index (κ3) is 2.27. The summed E-state index contributed by atoms with van der Waals surface area (Å²) in [5.74, 6) is 0.823. The van der Waals surface area contributed by atoms with E-state index >= 15 is 0 Å².